The minimum atomic E-state index is -2.82. The molecule has 2 amide bonds. The Hall–Kier alpha value is -3.52. The number of rotatable bonds is 5. The van der Waals surface area contributed by atoms with Gasteiger partial charge in [-0.05, 0) is 12.1 Å². The predicted molar refractivity (Wildman–Crippen MR) is 96.9 cm³/mol. The fourth-order valence-corrected chi connectivity index (χ4v) is 1.71. The summed E-state index contributed by atoms with van der Waals surface area (Å²) in [6.07, 6.45) is 5.51. The Balaban J connectivity index is 0.000000309. The number of nitrogens with zero attached hydrogens (tertiary/aromatic N) is 4. The van der Waals surface area contributed by atoms with Gasteiger partial charge < -0.3 is 9.47 Å². The lowest BCUT2D eigenvalue weighted by molar-refractivity contribution is 0.259. The monoisotopic (exact) mass is 391 g/mol. The van der Waals surface area contributed by atoms with Crippen LogP contribution in [0.4, 0.5) is 10.7 Å². The molecule has 10 nitrogen and oxygen atoms in total. The van der Waals surface area contributed by atoms with Gasteiger partial charge >= 0.3 is 22.5 Å². The van der Waals surface area contributed by atoms with Gasteiger partial charge in [-0.3, -0.25) is 5.32 Å². The number of anilines is 1. The first-order chi connectivity index (χ1) is 13.0. The third-order valence-electron chi connectivity index (χ3n) is 2.60. The molecular formula is C16H17N5O5S. The summed E-state index contributed by atoms with van der Waals surface area (Å²) in [5.74, 6) is 3.49. The number of carbonyl (C=O) groups is 1. The second-order valence-electron chi connectivity index (χ2n) is 4.46. The molecule has 0 radical (unpaired) electrons. The Morgan fingerprint density at radius 2 is 1.96 bits per heavy atom. The molecule has 1 aromatic carbocycles. The van der Waals surface area contributed by atoms with Crippen LogP contribution in [0.1, 0.15) is 12.7 Å². The van der Waals surface area contributed by atoms with Crippen LogP contribution in [0.15, 0.2) is 34.7 Å². The Kier molecular flexibility index (Phi) is 9.51. The van der Waals surface area contributed by atoms with E-state index in [1.807, 2.05) is 30.3 Å². The average Bonchev–Trinajstić information content (AvgIpc) is 2.66. The molecule has 0 bridgehead atoms. The van der Waals surface area contributed by atoms with Gasteiger partial charge in [-0.2, -0.15) is 23.4 Å². The smallest absolute Gasteiger partial charge is 0.362 e. The van der Waals surface area contributed by atoms with E-state index in [2.05, 4.69) is 30.6 Å². The topological polar surface area (TPSA) is 133 Å². The highest BCUT2D eigenvalue weighted by Crippen LogP contribution is 2.08. The zero-order valence-electron chi connectivity index (χ0n) is 14.6. The summed E-state index contributed by atoms with van der Waals surface area (Å²) in [5, 5.41) is 2.08. The van der Waals surface area contributed by atoms with E-state index in [1.165, 1.54) is 7.11 Å². The first kappa shape index (κ1) is 21.5. The number of nitrogens with one attached hydrogen (secondary N) is 1. The molecule has 0 saturated carbocycles. The van der Waals surface area contributed by atoms with Crippen LogP contribution in [0.5, 0.6) is 11.8 Å². The van der Waals surface area contributed by atoms with Gasteiger partial charge in [-0.25, -0.2) is 4.79 Å². The molecule has 27 heavy (non-hydrogen) atoms. The molecule has 0 saturated heterocycles. The van der Waals surface area contributed by atoms with E-state index in [9.17, 15) is 13.2 Å². The molecule has 2 rings (SSSR count). The van der Waals surface area contributed by atoms with Gasteiger partial charge in [0.25, 0.3) is 0 Å². The molecule has 2 aromatic rings. The number of urea groups is 1. The minimum Gasteiger partial charge on any atom is -0.481 e. The predicted octanol–water partition coefficient (Wildman–Crippen LogP) is 1.74. The summed E-state index contributed by atoms with van der Waals surface area (Å²) in [7, 11) is -1.46. The molecule has 1 aromatic heterocycles. The normalized spacial score (nSPS) is 9.07. The van der Waals surface area contributed by atoms with Gasteiger partial charge in [0.15, 0.2) is 0 Å². The number of hydrogen-bond acceptors (Lipinski definition) is 8. The van der Waals surface area contributed by atoms with Crippen molar-refractivity contribution < 1.29 is 22.7 Å². The number of methoxy groups -OCH3 is 1. The summed E-state index contributed by atoms with van der Waals surface area (Å²) >= 11 is 0. The maximum absolute atomic E-state index is 11.0. The maximum atomic E-state index is 11.0. The standard InChI is InChI=1S/C9H8O.C7H9N5O4S/c1-2-8-10-9-6-4-3-5-7-9;1-3-4-8-5(11-7(9-4)16-2)10-6(13)12-17(14)15/h1,3-7H,8H2;3H2,1-2H3,(H,8,9,10,11,13). The first-order valence-electron chi connectivity index (χ1n) is 7.50. The lowest BCUT2D eigenvalue weighted by atomic mass is 10.3. The van der Waals surface area contributed by atoms with Crippen molar-refractivity contribution in [2.24, 2.45) is 4.36 Å². The van der Waals surface area contributed by atoms with Crippen molar-refractivity contribution in [3.05, 3.63) is 36.2 Å². The number of aromatic nitrogens is 3. The van der Waals surface area contributed by atoms with Crippen LogP contribution >= 0.6 is 0 Å². The molecule has 0 fully saturated rings. The third kappa shape index (κ3) is 8.94. The van der Waals surface area contributed by atoms with Gasteiger partial charge in [0.05, 0.1) is 7.11 Å². The van der Waals surface area contributed by atoms with Crippen molar-refractivity contribution in [2.45, 2.75) is 13.3 Å². The number of amides is 2. The molecule has 1 N–H and O–H groups in total. The van der Waals surface area contributed by atoms with Crippen molar-refractivity contribution in [1.82, 2.24) is 15.0 Å². The van der Waals surface area contributed by atoms with Crippen LogP contribution in [0.2, 0.25) is 0 Å². The van der Waals surface area contributed by atoms with E-state index in [0.717, 1.165) is 5.75 Å². The van der Waals surface area contributed by atoms with Gasteiger partial charge in [-0.1, -0.05) is 35.4 Å². The van der Waals surface area contributed by atoms with Crippen molar-refractivity contribution in [2.75, 3.05) is 19.0 Å². The van der Waals surface area contributed by atoms with E-state index in [4.69, 9.17) is 15.9 Å². The van der Waals surface area contributed by atoms with Crippen molar-refractivity contribution >= 4 is 22.5 Å². The lowest BCUT2D eigenvalue weighted by Crippen LogP contribution is -2.12. The highest BCUT2D eigenvalue weighted by Gasteiger charge is 2.08. The van der Waals surface area contributed by atoms with E-state index < -0.39 is 16.5 Å². The summed E-state index contributed by atoms with van der Waals surface area (Å²) < 4.78 is 32.9. The van der Waals surface area contributed by atoms with Crippen LogP contribution in [0.25, 0.3) is 0 Å². The second kappa shape index (κ2) is 11.9. The maximum Gasteiger partial charge on any atom is 0.362 e. The fraction of sp³-hybridized carbons (Fsp3) is 0.250. The molecule has 0 spiro atoms. The second-order valence-corrected chi connectivity index (χ2v) is 5.08. The Morgan fingerprint density at radius 3 is 2.52 bits per heavy atom. The molecular weight excluding hydrogens is 374 g/mol. The Bertz CT molecular complexity index is 896. The van der Waals surface area contributed by atoms with Gasteiger partial charge in [0, 0.05) is 6.42 Å². The van der Waals surface area contributed by atoms with Crippen LogP contribution in [0.3, 0.4) is 0 Å². The molecule has 11 heteroatoms. The summed E-state index contributed by atoms with van der Waals surface area (Å²) in [5.41, 5.74) is 0. The lowest BCUT2D eigenvalue weighted by Gasteiger charge is -2.03. The highest BCUT2D eigenvalue weighted by molar-refractivity contribution is 7.62. The van der Waals surface area contributed by atoms with Crippen molar-refractivity contribution in [3.8, 4) is 24.1 Å². The molecule has 0 atom stereocenters. The van der Waals surface area contributed by atoms with Crippen LogP contribution in [-0.2, 0) is 16.9 Å². The average molecular weight is 391 g/mol. The third-order valence-corrected chi connectivity index (χ3v) is 2.92. The number of carbonyl (C=O) groups excluding carboxylic acids is 1. The summed E-state index contributed by atoms with van der Waals surface area (Å²) in [6.45, 7) is 2.14. The van der Waals surface area contributed by atoms with Gasteiger partial charge in [-0.15, -0.1) is 6.42 Å². The van der Waals surface area contributed by atoms with Crippen LogP contribution < -0.4 is 14.8 Å². The quantitative estimate of drug-likeness (QED) is 0.762. The van der Waals surface area contributed by atoms with Gasteiger partial charge in [0.2, 0.25) is 5.95 Å². The van der Waals surface area contributed by atoms with Crippen LogP contribution in [-0.4, -0.2) is 43.1 Å². The first-order valence-corrected chi connectivity index (χ1v) is 8.54. The van der Waals surface area contributed by atoms with Gasteiger partial charge in [0.1, 0.15) is 18.2 Å². The number of hydrogen-bond donors (Lipinski definition) is 1. The minimum absolute atomic E-state index is 0.0235. The zero-order chi connectivity index (χ0) is 20.1. The van der Waals surface area contributed by atoms with E-state index >= 15 is 0 Å². The zero-order valence-corrected chi connectivity index (χ0v) is 15.4. The molecule has 1 heterocycles. The number of terminal acetylenes is 1. The van der Waals surface area contributed by atoms with Crippen molar-refractivity contribution in [1.29, 1.82) is 0 Å². The van der Waals surface area contributed by atoms with E-state index in [0.29, 0.717) is 18.9 Å². The van der Waals surface area contributed by atoms with E-state index in [-0.39, 0.29) is 12.0 Å². The molecule has 0 unspecified atom stereocenters. The largest absolute Gasteiger partial charge is 0.481 e. The molecule has 142 valence electrons. The Morgan fingerprint density at radius 1 is 1.26 bits per heavy atom. The SMILES string of the molecule is C#CCOc1ccccc1.CCc1nc(NC(=O)N=S(=O)=O)nc(OC)n1. The fourth-order valence-electron chi connectivity index (χ4n) is 1.53. The van der Waals surface area contributed by atoms with Crippen molar-refractivity contribution in [3.63, 3.8) is 0 Å². The molecule has 0 aliphatic heterocycles. The summed E-state index contributed by atoms with van der Waals surface area (Å²) in [6, 6.07) is 8.43. The molecule has 0 aliphatic rings. The number of ether oxygens (including phenoxy) is 2. The number of aryl methyl sites for hydroxylation is 1. The molecule has 0 aliphatic carbocycles. The van der Waals surface area contributed by atoms with Crippen LogP contribution in [0, 0.1) is 12.3 Å². The van der Waals surface area contributed by atoms with E-state index in [1.54, 1.807) is 6.92 Å². The number of para-hydroxylation sites is 1. The summed E-state index contributed by atoms with van der Waals surface area (Å²) in [4.78, 5) is 22.5. The Labute approximate surface area is 157 Å². The number of benzene rings is 1. The highest BCUT2D eigenvalue weighted by atomic mass is 32.2.